The summed E-state index contributed by atoms with van der Waals surface area (Å²) in [5, 5.41) is 0.149. The van der Waals surface area contributed by atoms with Crippen LogP contribution < -0.4 is 14.2 Å². The van der Waals surface area contributed by atoms with Gasteiger partial charge in [-0.25, -0.2) is 0 Å². The molecule has 0 aromatic heterocycles. The first kappa shape index (κ1) is 24.8. The van der Waals surface area contributed by atoms with E-state index in [9.17, 15) is 0 Å². The normalized spacial score (nSPS) is 22.8. The fourth-order valence-corrected chi connectivity index (χ4v) is 5.95. The van der Waals surface area contributed by atoms with Crippen molar-refractivity contribution in [2.75, 3.05) is 21.3 Å². The minimum Gasteiger partial charge on any atom is -0.496 e. The predicted octanol–water partition coefficient (Wildman–Crippen LogP) is 6.82. The molecule has 0 N–H and O–H groups in total. The number of rotatable bonds is 7. The van der Waals surface area contributed by atoms with Crippen LogP contribution in [-0.4, -0.2) is 35.8 Å². The Kier molecular flexibility index (Phi) is 7.40. The highest BCUT2D eigenvalue weighted by Crippen LogP contribution is 2.56. The zero-order chi connectivity index (χ0) is 23.0. The van der Waals surface area contributed by atoms with Gasteiger partial charge in [0.2, 0.25) is 0 Å². The molecule has 0 amide bonds. The molecule has 0 radical (unpaired) electrons. The van der Waals surface area contributed by atoms with E-state index in [1.165, 1.54) is 11.1 Å². The van der Waals surface area contributed by atoms with Crippen LogP contribution in [-0.2, 0) is 4.43 Å². The van der Waals surface area contributed by atoms with Gasteiger partial charge in [-0.1, -0.05) is 40.7 Å². The van der Waals surface area contributed by atoms with Crippen molar-refractivity contribution in [3.63, 3.8) is 0 Å². The second kappa shape index (κ2) is 8.95. The Balaban J connectivity index is 2.79. The van der Waals surface area contributed by atoms with Crippen LogP contribution in [0.5, 0.6) is 17.2 Å². The van der Waals surface area contributed by atoms with E-state index in [-0.39, 0.29) is 28.9 Å². The summed E-state index contributed by atoms with van der Waals surface area (Å²) >= 11 is 0. The number of hydrogen-bond donors (Lipinski definition) is 0. The van der Waals surface area contributed by atoms with Crippen LogP contribution in [0.25, 0.3) is 0 Å². The summed E-state index contributed by atoms with van der Waals surface area (Å²) in [5.41, 5.74) is 3.35. The average Bonchev–Trinajstić information content (AvgIpc) is 2.65. The first-order valence-corrected chi connectivity index (χ1v) is 13.9. The van der Waals surface area contributed by atoms with Crippen LogP contribution >= 0.6 is 0 Å². The van der Waals surface area contributed by atoms with E-state index in [4.69, 9.17) is 18.6 Å². The van der Waals surface area contributed by atoms with Crippen molar-refractivity contribution >= 4 is 8.32 Å². The lowest BCUT2D eigenvalue weighted by Crippen LogP contribution is -2.47. The number of fused-ring (bicyclic) bond motifs is 1. The summed E-state index contributed by atoms with van der Waals surface area (Å²) < 4.78 is 24.7. The summed E-state index contributed by atoms with van der Waals surface area (Å²) in [6.45, 7) is 22.2. The van der Waals surface area contributed by atoms with Gasteiger partial charge in [-0.2, -0.15) is 0 Å². The molecule has 0 spiro atoms. The maximum atomic E-state index is 7.04. The third-order valence-electron chi connectivity index (χ3n) is 7.28. The van der Waals surface area contributed by atoms with E-state index in [0.29, 0.717) is 0 Å². The second-order valence-corrected chi connectivity index (χ2v) is 15.0. The molecule has 0 saturated heterocycles. The number of hydrogen-bond acceptors (Lipinski definition) is 4. The zero-order valence-corrected chi connectivity index (χ0v) is 21.9. The van der Waals surface area contributed by atoms with Crippen LogP contribution in [0.15, 0.2) is 12.7 Å². The molecular weight excluding hydrogens is 392 g/mol. The van der Waals surface area contributed by atoms with Gasteiger partial charge in [-0.3, -0.25) is 0 Å². The average molecular weight is 435 g/mol. The Hall–Kier alpha value is -1.46. The first-order valence-electron chi connectivity index (χ1n) is 11.0. The highest BCUT2D eigenvalue weighted by Gasteiger charge is 2.46. The molecule has 1 aliphatic carbocycles. The zero-order valence-electron chi connectivity index (χ0n) is 20.9. The van der Waals surface area contributed by atoms with Gasteiger partial charge in [-0.05, 0) is 43.3 Å². The molecule has 1 aromatic carbocycles. The maximum Gasteiger partial charge on any atom is 0.192 e. The van der Waals surface area contributed by atoms with E-state index in [1.54, 1.807) is 21.3 Å². The van der Waals surface area contributed by atoms with Crippen LogP contribution in [0.3, 0.4) is 0 Å². The van der Waals surface area contributed by atoms with Crippen molar-refractivity contribution in [2.24, 2.45) is 5.92 Å². The van der Waals surface area contributed by atoms with E-state index < -0.39 is 8.32 Å². The van der Waals surface area contributed by atoms with Gasteiger partial charge in [0.25, 0.3) is 0 Å². The summed E-state index contributed by atoms with van der Waals surface area (Å²) in [7, 11) is 3.20. The van der Waals surface area contributed by atoms with Gasteiger partial charge in [0.1, 0.15) is 5.75 Å². The summed E-state index contributed by atoms with van der Waals surface area (Å²) in [6.07, 6.45) is 3.08. The van der Waals surface area contributed by atoms with Gasteiger partial charge in [-0.15, -0.1) is 6.58 Å². The number of allylic oxidation sites excluding steroid dienone is 1. The van der Waals surface area contributed by atoms with Crippen LogP contribution in [0.4, 0.5) is 0 Å². The third kappa shape index (κ3) is 4.15. The molecule has 1 aliphatic rings. The number of benzene rings is 1. The van der Waals surface area contributed by atoms with Crippen LogP contribution in [0.2, 0.25) is 18.1 Å². The lowest BCUT2D eigenvalue weighted by atomic mass is 9.69. The van der Waals surface area contributed by atoms with Crippen LogP contribution in [0.1, 0.15) is 69.6 Å². The lowest BCUT2D eigenvalue weighted by Gasteiger charge is -2.47. The van der Waals surface area contributed by atoms with Crippen molar-refractivity contribution < 1.29 is 18.6 Å². The molecule has 0 unspecified atom stereocenters. The second-order valence-electron chi connectivity index (χ2n) is 10.2. The molecule has 5 heteroatoms. The molecule has 0 fully saturated rings. The maximum absolute atomic E-state index is 7.04. The monoisotopic (exact) mass is 434 g/mol. The molecule has 0 bridgehead atoms. The summed E-state index contributed by atoms with van der Waals surface area (Å²) in [6, 6.07) is 0. The molecule has 4 nitrogen and oxygen atoms in total. The summed E-state index contributed by atoms with van der Waals surface area (Å²) in [4.78, 5) is 0. The van der Waals surface area contributed by atoms with Crippen LogP contribution in [0, 0.1) is 12.8 Å². The minimum atomic E-state index is -1.96. The third-order valence-corrected chi connectivity index (χ3v) is 11.8. The van der Waals surface area contributed by atoms with Crippen molar-refractivity contribution in [2.45, 2.75) is 84.0 Å². The van der Waals surface area contributed by atoms with Gasteiger partial charge < -0.3 is 18.6 Å². The van der Waals surface area contributed by atoms with Crippen molar-refractivity contribution in [3.05, 3.63) is 29.3 Å². The molecule has 0 saturated carbocycles. The highest BCUT2D eigenvalue weighted by atomic mass is 28.4. The number of methoxy groups -OCH3 is 3. The van der Waals surface area contributed by atoms with E-state index in [2.05, 4.69) is 54.3 Å². The van der Waals surface area contributed by atoms with Gasteiger partial charge >= 0.3 is 0 Å². The minimum absolute atomic E-state index is 0.104. The van der Waals surface area contributed by atoms with Crippen molar-refractivity contribution in [3.8, 4) is 17.2 Å². The Morgan fingerprint density at radius 1 is 1.00 bits per heavy atom. The Morgan fingerprint density at radius 2 is 1.53 bits per heavy atom. The fourth-order valence-electron chi connectivity index (χ4n) is 4.60. The van der Waals surface area contributed by atoms with E-state index >= 15 is 0 Å². The van der Waals surface area contributed by atoms with Crippen molar-refractivity contribution in [1.82, 2.24) is 0 Å². The standard InChI is InChI=1S/C25H42O4Si/c1-13-15(2)19-18(29-30(11,12)25(5,6)7)14-16(3)20-21(19)22(26-8)17(4)23(27-9)24(20)28-10/h13,15-16,18-19H,1,14H2,2-12H3/t15-,16+,18+,19+/m1/s1. The highest BCUT2D eigenvalue weighted by molar-refractivity contribution is 6.74. The quantitative estimate of drug-likeness (QED) is 0.348. The first-order chi connectivity index (χ1) is 13.9. The molecule has 0 heterocycles. The Morgan fingerprint density at radius 3 is 1.97 bits per heavy atom. The molecular formula is C25H42O4Si. The van der Waals surface area contributed by atoms with Gasteiger partial charge in [0.05, 0.1) is 27.4 Å². The smallest absolute Gasteiger partial charge is 0.192 e. The SMILES string of the molecule is C=C[C@@H](C)[C@@H]1c2c(OC)c(C)c(OC)c(OC)c2[C@@H](C)C[C@@H]1O[Si](C)(C)C(C)(C)C. The fraction of sp³-hybridized carbons (Fsp3) is 0.680. The van der Waals surface area contributed by atoms with Crippen molar-refractivity contribution in [1.29, 1.82) is 0 Å². The number of ether oxygens (including phenoxy) is 3. The molecule has 0 aliphatic heterocycles. The topological polar surface area (TPSA) is 36.9 Å². The predicted molar refractivity (Wildman–Crippen MR) is 128 cm³/mol. The Labute approximate surface area is 185 Å². The van der Waals surface area contributed by atoms with E-state index in [1.807, 2.05) is 13.0 Å². The molecule has 30 heavy (non-hydrogen) atoms. The molecule has 1 aromatic rings. The van der Waals surface area contributed by atoms with E-state index in [0.717, 1.165) is 29.2 Å². The molecule has 170 valence electrons. The lowest BCUT2D eigenvalue weighted by molar-refractivity contribution is 0.108. The Bertz CT molecular complexity index is 779. The molecule has 4 atom stereocenters. The van der Waals surface area contributed by atoms with Gasteiger partial charge in [0.15, 0.2) is 19.8 Å². The summed E-state index contributed by atoms with van der Waals surface area (Å²) in [5.74, 6) is 3.12. The van der Waals surface area contributed by atoms with Gasteiger partial charge in [0, 0.05) is 22.6 Å². The molecule has 2 rings (SSSR count). The largest absolute Gasteiger partial charge is 0.496 e.